The van der Waals surface area contributed by atoms with Gasteiger partial charge >= 0.3 is 6.36 Å². The van der Waals surface area contributed by atoms with Gasteiger partial charge in [-0.1, -0.05) is 0 Å². The van der Waals surface area contributed by atoms with E-state index >= 15 is 0 Å². The number of halogens is 4. The molecule has 2 rings (SSSR count). The predicted octanol–water partition coefficient (Wildman–Crippen LogP) is 3.88. The molecule has 0 N–H and O–H groups in total. The van der Waals surface area contributed by atoms with Crippen LogP contribution in [0.25, 0.3) is 0 Å². The van der Waals surface area contributed by atoms with Crippen molar-refractivity contribution in [3.8, 4) is 11.5 Å². The standard InChI is InChI=1S/C13H14BrF3O4/c14-10-8-9(2-3-11(10)21-13(15,16)17)18-7-4-12-19-5-1-6-20-12/h2-3,8,12H,1,4-7H2. The van der Waals surface area contributed by atoms with Crippen molar-refractivity contribution in [3.05, 3.63) is 22.7 Å². The van der Waals surface area contributed by atoms with Gasteiger partial charge in [-0.2, -0.15) is 0 Å². The second-order valence-corrected chi connectivity index (χ2v) is 5.16. The number of hydrogen-bond donors (Lipinski definition) is 0. The molecule has 0 aromatic heterocycles. The molecule has 1 saturated heterocycles. The fourth-order valence-corrected chi connectivity index (χ4v) is 2.19. The molecule has 0 saturated carbocycles. The molecule has 118 valence electrons. The second kappa shape index (κ2) is 7.33. The molecule has 0 spiro atoms. The van der Waals surface area contributed by atoms with E-state index in [2.05, 4.69) is 20.7 Å². The zero-order chi connectivity index (χ0) is 15.3. The molecule has 1 aliphatic rings. The summed E-state index contributed by atoms with van der Waals surface area (Å²) in [6.45, 7) is 1.68. The maximum Gasteiger partial charge on any atom is 0.573 e. The first-order valence-electron chi connectivity index (χ1n) is 6.35. The monoisotopic (exact) mass is 370 g/mol. The van der Waals surface area contributed by atoms with Crippen LogP contribution in [-0.4, -0.2) is 32.5 Å². The van der Waals surface area contributed by atoms with E-state index in [4.69, 9.17) is 14.2 Å². The zero-order valence-electron chi connectivity index (χ0n) is 11.0. The smallest absolute Gasteiger partial charge is 0.493 e. The van der Waals surface area contributed by atoms with Crippen molar-refractivity contribution >= 4 is 15.9 Å². The Hall–Kier alpha value is -0.990. The third kappa shape index (κ3) is 5.72. The van der Waals surface area contributed by atoms with E-state index in [0.29, 0.717) is 32.0 Å². The number of alkyl halides is 3. The number of benzene rings is 1. The van der Waals surface area contributed by atoms with Crippen molar-refractivity contribution in [3.63, 3.8) is 0 Å². The lowest BCUT2D eigenvalue weighted by molar-refractivity contribution is -0.274. The van der Waals surface area contributed by atoms with Gasteiger partial charge in [-0.3, -0.25) is 0 Å². The van der Waals surface area contributed by atoms with Gasteiger partial charge < -0.3 is 18.9 Å². The number of hydrogen-bond acceptors (Lipinski definition) is 4. The molecular formula is C13H14BrF3O4. The van der Waals surface area contributed by atoms with Gasteiger partial charge in [0.25, 0.3) is 0 Å². The summed E-state index contributed by atoms with van der Waals surface area (Å²) in [5.74, 6) is 0.126. The molecule has 0 radical (unpaired) electrons. The van der Waals surface area contributed by atoms with Gasteiger partial charge in [0.1, 0.15) is 11.5 Å². The molecule has 0 aliphatic carbocycles. The van der Waals surface area contributed by atoms with Crippen LogP contribution in [0.4, 0.5) is 13.2 Å². The lowest BCUT2D eigenvalue weighted by Crippen LogP contribution is -2.26. The Balaban J connectivity index is 1.82. The fraction of sp³-hybridized carbons (Fsp3) is 0.538. The fourth-order valence-electron chi connectivity index (χ4n) is 1.76. The molecule has 1 heterocycles. The molecule has 21 heavy (non-hydrogen) atoms. The van der Waals surface area contributed by atoms with Crippen LogP contribution in [0.5, 0.6) is 11.5 Å². The highest BCUT2D eigenvalue weighted by molar-refractivity contribution is 9.10. The Morgan fingerprint density at radius 2 is 1.95 bits per heavy atom. The molecule has 0 bridgehead atoms. The van der Waals surface area contributed by atoms with Gasteiger partial charge in [0.05, 0.1) is 24.3 Å². The SMILES string of the molecule is FC(F)(F)Oc1ccc(OCCC2OCCCO2)cc1Br. The van der Waals surface area contributed by atoms with Gasteiger partial charge in [0.2, 0.25) is 0 Å². The quantitative estimate of drug-likeness (QED) is 0.787. The Bertz CT molecular complexity index is 461. The third-order valence-electron chi connectivity index (χ3n) is 2.65. The maximum absolute atomic E-state index is 12.1. The Labute approximate surface area is 128 Å². The number of rotatable bonds is 5. The summed E-state index contributed by atoms with van der Waals surface area (Å²) in [6.07, 6.45) is -3.57. The van der Waals surface area contributed by atoms with Crippen LogP contribution >= 0.6 is 15.9 Å². The number of ether oxygens (including phenoxy) is 4. The summed E-state index contributed by atoms with van der Waals surface area (Å²) < 4.78 is 56.6. The topological polar surface area (TPSA) is 36.9 Å². The normalized spacial score (nSPS) is 16.8. The summed E-state index contributed by atoms with van der Waals surface area (Å²) in [5, 5.41) is 0. The van der Waals surface area contributed by atoms with E-state index in [0.717, 1.165) is 6.42 Å². The maximum atomic E-state index is 12.1. The minimum absolute atomic E-state index is 0.169. The van der Waals surface area contributed by atoms with Gasteiger partial charge in [-0.05, 0) is 40.5 Å². The summed E-state index contributed by atoms with van der Waals surface area (Å²) in [4.78, 5) is 0. The van der Waals surface area contributed by atoms with Crippen molar-refractivity contribution in [2.45, 2.75) is 25.5 Å². The molecule has 4 nitrogen and oxygen atoms in total. The summed E-state index contributed by atoms with van der Waals surface area (Å²) in [6, 6.07) is 4.03. The summed E-state index contributed by atoms with van der Waals surface area (Å²) in [5.41, 5.74) is 0. The Morgan fingerprint density at radius 3 is 2.57 bits per heavy atom. The lowest BCUT2D eigenvalue weighted by atomic mass is 10.3. The molecule has 0 atom stereocenters. The van der Waals surface area contributed by atoms with Crippen molar-refractivity contribution in [1.29, 1.82) is 0 Å². The van der Waals surface area contributed by atoms with E-state index in [1.807, 2.05) is 0 Å². The van der Waals surface area contributed by atoms with Crippen molar-refractivity contribution < 1.29 is 32.1 Å². The molecule has 1 fully saturated rings. The Kier molecular flexibility index (Phi) is 5.72. The lowest BCUT2D eigenvalue weighted by Gasteiger charge is -2.23. The van der Waals surface area contributed by atoms with Gasteiger partial charge in [0, 0.05) is 6.42 Å². The molecule has 1 aromatic rings. The highest BCUT2D eigenvalue weighted by Gasteiger charge is 2.32. The van der Waals surface area contributed by atoms with Crippen molar-refractivity contribution in [2.75, 3.05) is 19.8 Å². The largest absolute Gasteiger partial charge is 0.573 e. The van der Waals surface area contributed by atoms with Crippen molar-refractivity contribution in [1.82, 2.24) is 0 Å². The summed E-state index contributed by atoms with van der Waals surface area (Å²) >= 11 is 3.01. The van der Waals surface area contributed by atoms with Crippen molar-refractivity contribution in [2.24, 2.45) is 0 Å². The highest BCUT2D eigenvalue weighted by atomic mass is 79.9. The minimum atomic E-state index is -4.72. The predicted molar refractivity (Wildman–Crippen MR) is 71.2 cm³/mol. The first-order chi connectivity index (χ1) is 9.94. The Morgan fingerprint density at radius 1 is 1.24 bits per heavy atom. The van der Waals surface area contributed by atoms with E-state index in [-0.39, 0.29) is 16.5 Å². The average molecular weight is 371 g/mol. The molecular weight excluding hydrogens is 357 g/mol. The van der Waals surface area contributed by atoms with Crippen LogP contribution in [0, 0.1) is 0 Å². The van der Waals surface area contributed by atoms with Crippen LogP contribution in [0.2, 0.25) is 0 Å². The van der Waals surface area contributed by atoms with Crippen LogP contribution in [-0.2, 0) is 9.47 Å². The molecule has 8 heteroatoms. The van der Waals surface area contributed by atoms with Crippen LogP contribution < -0.4 is 9.47 Å². The third-order valence-corrected chi connectivity index (χ3v) is 3.27. The minimum Gasteiger partial charge on any atom is -0.493 e. The molecule has 0 amide bonds. The molecule has 1 aliphatic heterocycles. The summed E-state index contributed by atoms with van der Waals surface area (Å²) in [7, 11) is 0. The first kappa shape index (κ1) is 16.4. The second-order valence-electron chi connectivity index (χ2n) is 4.30. The average Bonchev–Trinajstić information content (AvgIpc) is 2.42. The van der Waals surface area contributed by atoms with E-state index in [1.165, 1.54) is 18.2 Å². The van der Waals surface area contributed by atoms with Gasteiger partial charge in [0.15, 0.2) is 6.29 Å². The first-order valence-corrected chi connectivity index (χ1v) is 7.15. The van der Waals surface area contributed by atoms with Gasteiger partial charge in [-0.25, -0.2) is 0 Å². The highest BCUT2D eigenvalue weighted by Crippen LogP contribution is 2.33. The van der Waals surface area contributed by atoms with Crippen LogP contribution in [0.1, 0.15) is 12.8 Å². The van der Waals surface area contributed by atoms with Crippen LogP contribution in [0.3, 0.4) is 0 Å². The van der Waals surface area contributed by atoms with Gasteiger partial charge in [-0.15, -0.1) is 13.2 Å². The molecule has 0 unspecified atom stereocenters. The van der Waals surface area contributed by atoms with E-state index < -0.39 is 6.36 Å². The zero-order valence-corrected chi connectivity index (χ0v) is 12.6. The van der Waals surface area contributed by atoms with Crippen LogP contribution in [0.15, 0.2) is 22.7 Å². The van der Waals surface area contributed by atoms with E-state index in [1.54, 1.807) is 0 Å². The molecule has 1 aromatic carbocycles. The van der Waals surface area contributed by atoms with E-state index in [9.17, 15) is 13.2 Å².